The number of carboxylic acids is 1. The number of likely N-dealkylation sites (tertiary alicyclic amines) is 1. The second-order valence-electron chi connectivity index (χ2n) is 5.66. The third kappa shape index (κ3) is 3.07. The molecule has 2 atom stereocenters. The van der Waals surface area contributed by atoms with E-state index in [1.165, 1.54) is 6.42 Å². The predicted molar refractivity (Wildman–Crippen MR) is 76.0 cm³/mol. The molecule has 1 fully saturated rings. The van der Waals surface area contributed by atoms with Crippen molar-refractivity contribution in [1.29, 1.82) is 0 Å². The Bertz CT molecular complexity index is 473. The molecule has 0 aromatic heterocycles. The van der Waals surface area contributed by atoms with Crippen LogP contribution in [0.4, 0.5) is 5.69 Å². The summed E-state index contributed by atoms with van der Waals surface area (Å²) < 4.78 is 0. The van der Waals surface area contributed by atoms with Gasteiger partial charge in [-0.2, -0.15) is 0 Å². The van der Waals surface area contributed by atoms with Gasteiger partial charge in [0.2, 0.25) is 0 Å². The topological polar surface area (TPSA) is 66.6 Å². The predicted octanol–water partition coefficient (Wildman–Crippen LogP) is 2.44. The van der Waals surface area contributed by atoms with Gasteiger partial charge in [0, 0.05) is 18.8 Å². The number of carbonyl (C=O) groups is 1. The molecule has 0 aliphatic carbocycles. The average Bonchev–Trinajstić information content (AvgIpc) is 2.33. The minimum atomic E-state index is -0.938. The molecule has 0 spiro atoms. The standard InChI is InChI=1S/C15H22N2O2/c1-10-6-7-17(8-11(10)2)9-12-4-3-5-13(16)14(12)15(18)19/h3-5,10-11H,6-9,16H2,1-2H3,(H,18,19). The molecule has 4 heteroatoms. The zero-order valence-electron chi connectivity index (χ0n) is 11.6. The molecule has 0 radical (unpaired) electrons. The molecule has 0 amide bonds. The SMILES string of the molecule is CC1CCN(Cc2cccc(N)c2C(=O)O)CC1C. The zero-order chi connectivity index (χ0) is 14.0. The number of hydrogen-bond acceptors (Lipinski definition) is 3. The van der Waals surface area contributed by atoms with E-state index in [0.717, 1.165) is 24.6 Å². The fourth-order valence-electron chi connectivity index (χ4n) is 2.75. The van der Waals surface area contributed by atoms with Crippen molar-refractivity contribution >= 4 is 11.7 Å². The van der Waals surface area contributed by atoms with Gasteiger partial charge < -0.3 is 10.8 Å². The first-order valence-electron chi connectivity index (χ1n) is 6.82. The van der Waals surface area contributed by atoms with Crippen molar-refractivity contribution < 1.29 is 9.90 Å². The second-order valence-corrected chi connectivity index (χ2v) is 5.66. The number of rotatable bonds is 3. The lowest BCUT2D eigenvalue weighted by Gasteiger charge is -2.35. The highest BCUT2D eigenvalue weighted by molar-refractivity contribution is 5.95. The van der Waals surface area contributed by atoms with E-state index in [1.807, 2.05) is 12.1 Å². The molecule has 1 aliphatic rings. The van der Waals surface area contributed by atoms with Gasteiger partial charge in [0.25, 0.3) is 0 Å². The molecular weight excluding hydrogens is 240 g/mol. The molecule has 1 aromatic carbocycles. The second kappa shape index (κ2) is 5.61. The van der Waals surface area contributed by atoms with E-state index in [4.69, 9.17) is 5.73 Å². The van der Waals surface area contributed by atoms with Crippen LogP contribution in [-0.2, 0) is 6.54 Å². The number of anilines is 1. The summed E-state index contributed by atoms with van der Waals surface area (Å²) in [6.07, 6.45) is 1.17. The van der Waals surface area contributed by atoms with E-state index < -0.39 is 5.97 Å². The molecule has 0 bridgehead atoms. The van der Waals surface area contributed by atoms with E-state index >= 15 is 0 Å². The van der Waals surface area contributed by atoms with Gasteiger partial charge in [-0.1, -0.05) is 26.0 Å². The van der Waals surface area contributed by atoms with E-state index in [1.54, 1.807) is 6.07 Å². The van der Waals surface area contributed by atoms with Gasteiger partial charge in [-0.3, -0.25) is 4.90 Å². The van der Waals surface area contributed by atoms with E-state index in [0.29, 0.717) is 18.2 Å². The fraction of sp³-hybridized carbons (Fsp3) is 0.533. The lowest BCUT2D eigenvalue weighted by molar-refractivity contribution is 0.0694. The van der Waals surface area contributed by atoms with E-state index in [2.05, 4.69) is 18.7 Å². The lowest BCUT2D eigenvalue weighted by atomic mass is 9.88. The third-order valence-electron chi connectivity index (χ3n) is 4.21. The molecule has 2 unspecified atom stereocenters. The van der Waals surface area contributed by atoms with Crippen molar-refractivity contribution in [2.45, 2.75) is 26.8 Å². The number of aromatic carboxylic acids is 1. The summed E-state index contributed by atoms with van der Waals surface area (Å²) in [6.45, 7) is 7.26. The maximum Gasteiger partial charge on any atom is 0.338 e. The van der Waals surface area contributed by atoms with Gasteiger partial charge in [-0.05, 0) is 36.4 Å². The Balaban J connectivity index is 2.15. The molecule has 1 heterocycles. The van der Waals surface area contributed by atoms with Gasteiger partial charge >= 0.3 is 5.97 Å². The third-order valence-corrected chi connectivity index (χ3v) is 4.21. The molecule has 19 heavy (non-hydrogen) atoms. The van der Waals surface area contributed by atoms with Gasteiger partial charge in [-0.15, -0.1) is 0 Å². The van der Waals surface area contributed by atoms with E-state index in [-0.39, 0.29) is 5.56 Å². The number of nitrogen functional groups attached to an aromatic ring is 1. The number of nitrogens with zero attached hydrogens (tertiary/aromatic N) is 1. The first kappa shape index (κ1) is 13.9. The normalized spacial score (nSPS) is 24.3. The largest absolute Gasteiger partial charge is 0.478 e. The molecular formula is C15H22N2O2. The van der Waals surface area contributed by atoms with Crippen LogP contribution in [0.1, 0.15) is 36.2 Å². The molecule has 1 aliphatic heterocycles. The fourth-order valence-corrected chi connectivity index (χ4v) is 2.75. The van der Waals surface area contributed by atoms with Gasteiger partial charge in [0.1, 0.15) is 0 Å². The summed E-state index contributed by atoms with van der Waals surface area (Å²) in [5, 5.41) is 9.27. The molecule has 3 N–H and O–H groups in total. The molecule has 1 saturated heterocycles. The molecule has 104 valence electrons. The highest BCUT2D eigenvalue weighted by atomic mass is 16.4. The number of nitrogens with two attached hydrogens (primary N) is 1. The Kier molecular flexibility index (Phi) is 4.10. The Hall–Kier alpha value is -1.55. The number of benzene rings is 1. The van der Waals surface area contributed by atoms with Crippen molar-refractivity contribution in [3.05, 3.63) is 29.3 Å². The quantitative estimate of drug-likeness (QED) is 0.821. The first-order chi connectivity index (χ1) is 8.99. The van der Waals surface area contributed by atoms with Crippen molar-refractivity contribution in [2.75, 3.05) is 18.8 Å². The van der Waals surface area contributed by atoms with Crippen LogP contribution in [0.5, 0.6) is 0 Å². The molecule has 0 saturated carbocycles. The minimum absolute atomic E-state index is 0.258. The lowest BCUT2D eigenvalue weighted by Crippen LogP contribution is -2.38. The van der Waals surface area contributed by atoms with Crippen molar-refractivity contribution in [2.24, 2.45) is 11.8 Å². The average molecular weight is 262 g/mol. The van der Waals surface area contributed by atoms with Crippen molar-refractivity contribution in [3.8, 4) is 0 Å². The number of carboxylic acid groups (broad SMARTS) is 1. The zero-order valence-corrected chi connectivity index (χ0v) is 11.6. The van der Waals surface area contributed by atoms with Gasteiger partial charge in [0.05, 0.1) is 5.56 Å². The Morgan fingerprint density at radius 3 is 2.79 bits per heavy atom. The highest BCUT2D eigenvalue weighted by Gasteiger charge is 2.24. The van der Waals surface area contributed by atoms with Crippen molar-refractivity contribution in [1.82, 2.24) is 4.90 Å². The number of piperidine rings is 1. The summed E-state index contributed by atoms with van der Waals surface area (Å²) in [4.78, 5) is 13.6. The molecule has 1 aromatic rings. The Labute approximate surface area is 114 Å². The van der Waals surface area contributed by atoms with Crippen LogP contribution in [0.25, 0.3) is 0 Å². The van der Waals surface area contributed by atoms with Gasteiger partial charge in [-0.25, -0.2) is 4.79 Å². The number of hydrogen-bond donors (Lipinski definition) is 2. The van der Waals surface area contributed by atoms with E-state index in [9.17, 15) is 9.90 Å². The smallest absolute Gasteiger partial charge is 0.338 e. The van der Waals surface area contributed by atoms with Crippen LogP contribution in [0, 0.1) is 11.8 Å². The van der Waals surface area contributed by atoms with Crippen LogP contribution in [0.3, 0.4) is 0 Å². The summed E-state index contributed by atoms with van der Waals surface area (Å²) in [5.74, 6) is 0.464. The maximum absolute atomic E-state index is 11.3. The van der Waals surface area contributed by atoms with Crippen molar-refractivity contribution in [3.63, 3.8) is 0 Å². The summed E-state index contributed by atoms with van der Waals surface area (Å²) in [6, 6.07) is 5.34. The Morgan fingerprint density at radius 2 is 2.16 bits per heavy atom. The maximum atomic E-state index is 11.3. The minimum Gasteiger partial charge on any atom is -0.478 e. The molecule has 2 rings (SSSR count). The molecule has 4 nitrogen and oxygen atoms in total. The van der Waals surface area contributed by atoms with Crippen LogP contribution in [0.15, 0.2) is 18.2 Å². The van der Waals surface area contributed by atoms with Crippen LogP contribution in [-0.4, -0.2) is 29.1 Å². The van der Waals surface area contributed by atoms with Gasteiger partial charge in [0.15, 0.2) is 0 Å². The summed E-state index contributed by atoms with van der Waals surface area (Å²) in [5.41, 5.74) is 7.20. The van der Waals surface area contributed by atoms with Crippen LogP contribution >= 0.6 is 0 Å². The first-order valence-corrected chi connectivity index (χ1v) is 6.82. The monoisotopic (exact) mass is 262 g/mol. The van der Waals surface area contributed by atoms with Crippen LogP contribution < -0.4 is 5.73 Å². The highest BCUT2D eigenvalue weighted by Crippen LogP contribution is 2.25. The van der Waals surface area contributed by atoms with Crippen LogP contribution in [0.2, 0.25) is 0 Å². The summed E-state index contributed by atoms with van der Waals surface area (Å²) >= 11 is 0. The summed E-state index contributed by atoms with van der Waals surface area (Å²) in [7, 11) is 0. The Morgan fingerprint density at radius 1 is 1.42 bits per heavy atom.